The van der Waals surface area contributed by atoms with Crippen molar-refractivity contribution in [2.45, 2.75) is 25.4 Å². The third kappa shape index (κ3) is 3.47. The van der Waals surface area contributed by atoms with E-state index in [0.29, 0.717) is 23.7 Å². The molecule has 0 saturated carbocycles. The van der Waals surface area contributed by atoms with Crippen molar-refractivity contribution in [2.75, 3.05) is 0 Å². The largest absolute Gasteiger partial charge is 0.437 e. The molecule has 1 aromatic carbocycles. The Hall–Kier alpha value is -3.29. The minimum absolute atomic E-state index is 0.0336. The van der Waals surface area contributed by atoms with Crippen LogP contribution in [0.25, 0.3) is 0 Å². The van der Waals surface area contributed by atoms with E-state index in [2.05, 4.69) is 25.4 Å². The number of carbonyl (C=O) groups excluding carboxylic acids is 1. The lowest BCUT2D eigenvalue weighted by Gasteiger charge is -2.23. The molecule has 126 valence electrons. The standard InChI is InChI=1S/C17H16N6O2/c24-17(22-13-4-5-15-20-11-21-23(15)10-13)12-2-1-3-14(8-12)25-16-9-18-6-7-19-16/h1-3,6-9,11,13H,4-5,10H2,(H,22,24)/t13-/m1/s1. The molecular weight excluding hydrogens is 320 g/mol. The Bertz CT molecular complexity index is 880. The summed E-state index contributed by atoms with van der Waals surface area (Å²) < 4.78 is 7.45. The predicted molar refractivity (Wildman–Crippen MR) is 88.1 cm³/mol. The highest BCUT2D eigenvalue weighted by atomic mass is 16.5. The van der Waals surface area contributed by atoms with E-state index < -0.39 is 0 Å². The van der Waals surface area contributed by atoms with Crippen LogP contribution in [-0.2, 0) is 13.0 Å². The molecule has 25 heavy (non-hydrogen) atoms. The van der Waals surface area contributed by atoms with Gasteiger partial charge in [0.05, 0.1) is 12.7 Å². The Morgan fingerprint density at radius 1 is 1.28 bits per heavy atom. The van der Waals surface area contributed by atoms with Gasteiger partial charge in [0.1, 0.15) is 17.9 Å². The molecule has 0 fully saturated rings. The van der Waals surface area contributed by atoms with E-state index in [1.165, 1.54) is 6.20 Å². The van der Waals surface area contributed by atoms with Gasteiger partial charge in [0, 0.05) is 30.4 Å². The summed E-state index contributed by atoms with van der Waals surface area (Å²) in [6.07, 6.45) is 7.84. The molecule has 0 saturated heterocycles. The van der Waals surface area contributed by atoms with Crippen LogP contribution >= 0.6 is 0 Å². The van der Waals surface area contributed by atoms with E-state index in [1.54, 1.807) is 43.0 Å². The highest BCUT2D eigenvalue weighted by molar-refractivity contribution is 5.94. The number of hydrogen-bond donors (Lipinski definition) is 1. The lowest BCUT2D eigenvalue weighted by Crippen LogP contribution is -2.41. The molecular formula is C17H16N6O2. The Morgan fingerprint density at radius 2 is 2.24 bits per heavy atom. The second-order valence-electron chi connectivity index (χ2n) is 5.74. The third-order valence-electron chi connectivity index (χ3n) is 4.00. The van der Waals surface area contributed by atoms with Crippen molar-refractivity contribution in [3.05, 3.63) is 60.6 Å². The zero-order valence-electron chi connectivity index (χ0n) is 13.4. The first-order valence-corrected chi connectivity index (χ1v) is 7.99. The van der Waals surface area contributed by atoms with Crippen LogP contribution in [0.1, 0.15) is 22.6 Å². The fraction of sp³-hybridized carbons (Fsp3) is 0.235. The summed E-state index contributed by atoms with van der Waals surface area (Å²) >= 11 is 0. The van der Waals surface area contributed by atoms with Gasteiger partial charge < -0.3 is 10.1 Å². The minimum atomic E-state index is -0.141. The fourth-order valence-corrected chi connectivity index (χ4v) is 2.78. The first-order valence-electron chi connectivity index (χ1n) is 7.99. The van der Waals surface area contributed by atoms with Gasteiger partial charge in [0.2, 0.25) is 5.88 Å². The van der Waals surface area contributed by atoms with Crippen LogP contribution in [0.4, 0.5) is 0 Å². The number of aromatic nitrogens is 5. The predicted octanol–water partition coefficient (Wildman–Crippen LogP) is 1.61. The highest BCUT2D eigenvalue weighted by Crippen LogP contribution is 2.20. The van der Waals surface area contributed by atoms with E-state index in [-0.39, 0.29) is 11.9 Å². The Balaban J connectivity index is 1.43. The number of aryl methyl sites for hydroxylation is 1. The molecule has 8 heteroatoms. The van der Waals surface area contributed by atoms with Crippen molar-refractivity contribution in [1.82, 2.24) is 30.0 Å². The van der Waals surface area contributed by atoms with Crippen molar-refractivity contribution in [2.24, 2.45) is 0 Å². The Kier molecular flexibility index (Phi) is 4.07. The van der Waals surface area contributed by atoms with Crippen molar-refractivity contribution in [1.29, 1.82) is 0 Å². The van der Waals surface area contributed by atoms with Crippen molar-refractivity contribution >= 4 is 5.91 Å². The zero-order chi connectivity index (χ0) is 17.1. The number of fused-ring (bicyclic) bond motifs is 1. The van der Waals surface area contributed by atoms with Crippen LogP contribution in [0.2, 0.25) is 0 Å². The maximum atomic E-state index is 12.5. The lowest BCUT2D eigenvalue weighted by atomic mass is 10.1. The molecule has 0 radical (unpaired) electrons. The number of benzene rings is 1. The molecule has 3 aromatic rings. The van der Waals surface area contributed by atoms with E-state index in [0.717, 1.165) is 18.7 Å². The van der Waals surface area contributed by atoms with E-state index in [1.807, 2.05) is 4.68 Å². The van der Waals surface area contributed by atoms with Gasteiger partial charge >= 0.3 is 0 Å². The van der Waals surface area contributed by atoms with E-state index in [4.69, 9.17) is 4.74 Å². The quantitative estimate of drug-likeness (QED) is 0.778. The molecule has 8 nitrogen and oxygen atoms in total. The summed E-state index contributed by atoms with van der Waals surface area (Å²) in [6, 6.07) is 7.02. The maximum Gasteiger partial charge on any atom is 0.251 e. The second-order valence-corrected chi connectivity index (χ2v) is 5.74. The molecule has 2 aromatic heterocycles. The molecule has 0 unspecified atom stereocenters. The Morgan fingerprint density at radius 3 is 3.12 bits per heavy atom. The van der Waals surface area contributed by atoms with Gasteiger partial charge in [-0.05, 0) is 24.6 Å². The highest BCUT2D eigenvalue weighted by Gasteiger charge is 2.21. The maximum absolute atomic E-state index is 12.5. The number of nitrogens with one attached hydrogen (secondary N) is 1. The Labute approximate surface area is 143 Å². The van der Waals surface area contributed by atoms with Crippen LogP contribution in [0.3, 0.4) is 0 Å². The van der Waals surface area contributed by atoms with Crippen LogP contribution in [0.5, 0.6) is 11.6 Å². The number of hydrogen-bond acceptors (Lipinski definition) is 6. The smallest absolute Gasteiger partial charge is 0.251 e. The van der Waals surface area contributed by atoms with E-state index in [9.17, 15) is 4.79 Å². The zero-order valence-corrected chi connectivity index (χ0v) is 13.4. The number of carbonyl (C=O) groups is 1. The lowest BCUT2D eigenvalue weighted by molar-refractivity contribution is 0.0926. The first-order chi connectivity index (χ1) is 12.3. The van der Waals surface area contributed by atoms with Crippen LogP contribution in [-0.4, -0.2) is 36.7 Å². The summed E-state index contributed by atoms with van der Waals surface area (Å²) in [4.78, 5) is 24.7. The summed E-state index contributed by atoms with van der Waals surface area (Å²) in [5.41, 5.74) is 0.533. The average molecular weight is 336 g/mol. The summed E-state index contributed by atoms with van der Waals surface area (Å²) in [6.45, 7) is 0.636. The van der Waals surface area contributed by atoms with Gasteiger partial charge in [-0.25, -0.2) is 14.6 Å². The van der Waals surface area contributed by atoms with Crippen LogP contribution in [0, 0.1) is 0 Å². The van der Waals surface area contributed by atoms with Gasteiger partial charge in [0.15, 0.2) is 0 Å². The van der Waals surface area contributed by atoms with Gasteiger partial charge in [-0.3, -0.25) is 9.78 Å². The number of rotatable bonds is 4. The average Bonchev–Trinajstić information content (AvgIpc) is 3.10. The summed E-state index contributed by atoms with van der Waals surface area (Å²) in [7, 11) is 0. The normalized spacial score (nSPS) is 16.1. The number of nitrogens with zero attached hydrogens (tertiary/aromatic N) is 5. The molecule has 1 amide bonds. The summed E-state index contributed by atoms with van der Waals surface area (Å²) in [5, 5.41) is 7.22. The van der Waals surface area contributed by atoms with Gasteiger partial charge in [0.25, 0.3) is 5.91 Å². The molecule has 1 atom stereocenters. The minimum Gasteiger partial charge on any atom is -0.437 e. The number of amides is 1. The van der Waals surface area contributed by atoms with Crippen molar-refractivity contribution < 1.29 is 9.53 Å². The third-order valence-corrected chi connectivity index (χ3v) is 4.00. The molecule has 4 rings (SSSR count). The van der Waals surface area contributed by atoms with Crippen LogP contribution in [0.15, 0.2) is 49.2 Å². The second kappa shape index (κ2) is 6.68. The SMILES string of the molecule is O=C(N[C@@H]1CCc2ncnn2C1)c1cccc(Oc2cnccn2)c1. The topological polar surface area (TPSA) is 94.8 Å². The van der Waals surface area contributed by atoms with Gasteiger partial charge in [-0.15, -0.1) is 0 Å². The molecule has 0 bridgehead atoms. The number of ether oxygens (including phenoxy) is 1. The van der Waals surface area contributed by atoms with Crippen molar-refractivity contribution in [3.63, 3.8) is 0 Å². The molecule has 1 aliphatic rings. The van der Waals surface area contributed by atoms with Gasteiger partial charge in [-0.2, -0.15) is 5.10 Å². The molecule has 1 N–H and O–H groups in total. The summed E-state index contributed by atoms with van der Waals surface area (Å²) in [5.74, 6) is 1.74. The molecule has 1 aliphatic heterocycles. The van der Waals surface area contributed by atoms with Crippen LogP contribution < -0.4 is 10.1 Å². The fourth-order valence-electron chi connectivity index (χ4n) is 2.78. The molecule has 3 heterocycles. The monoisotopic (exact) mass is 336 g/mol. The molecule has 0 spiro atoms. The van der Waals surface area contributed by atoms with E-state index >= 15 is 0 Å². The first kappa shape index (κ1) is 15.3. The van der Waals surface area contributed by atoms with Gasteiger partial charge in [-0.1, -0.05) is 6.07 Å². The van der Waals surface area contributed by atoms with Crippen molar-refractivity contribution in [3.8, 4) is 11.6 Å². The molecule has 0 aliphatic carbocycles.